The van der Waals surface area contributed by atoms with Crippen molar-refractivity contribution in [1.29, 1.82) is 0 Å². The number of pyridine rings is 1. The van der Waals surface area contributed by atoms with Crippen molar-refractivity contribution in [2.75, 3.05) is 17.2 Å². The lowest BCUT2D eigenvalue weighted by Crippen LogP contribution is -2.34. The molecule has 0 aliphatic carbocycles. The molecule has 1 heterocycles. The molecule has 1 amide bonds. The summed E-state index contributed by atoms with van der Waals surface area (Å²) in [6.45, 7) is 4.07. The number of nitrogens with one attached hydrogen (secondary N) is 1. The van der Waals surface area contributed by atoms with Crippen molar-refractivity contribution in [3.05, 3.63) is 23.9 Å². The molecule has 0 spiro atoms. The van der Waals surface area contributed by atoms with E-state index in [2.05, 4.69) is 17.2 Å². The summed E-state index contributed by atoms with van der Waals surface area (Å²) in [5, 5.41) is 2.89. The zero-order valence-electron chi connectivity index (χ0n) is 9.56. The fourth-order valence-corrected chi connectivity index (χ4v) is 1.92. The van der Waals surface area contributed by atoms with Crippen LogP contribution in [0.2, 0.25) is 0 Å². The molecule has 0 saturated heterocycles. The summed E-state index contributed by atoms with van der Waals surface area (Å²) >= 11 is 1.80. The Morgan fingerprint density at radius 2 is 2.44 bits per heavy atom. The van der Waals surface area contributed by atoms with Gasteiger partial charge in [0.1, 0.15) is 5.82 Å². The van der Waals surface area contributed by atoms with Crippen molar-refractivity contribution >= 4 is 23.5 Å². The van der Waals surface area contributed by atoms with Gasteiger partial charge in [-0.25, -0.2) is 4.98 Å². The summed E-state index contributed by atoms with van der Waals surface area (Å²) in [7, 11) is 0. The van der Waals surface area contributed by atoms with Crippen LogP contribution in [0.5, 0.6) is 0 Å². The maximum atomic E-state index is 11.8. The fourth-order valence-electron chi connectivity index (χ4n) is 1.25. The van der Waals surface area contributed by atoms with Gasteiger partial charge in [-0.1, -0.05) is 6.92 Å². The van der Waals surface area contributed by atoms with E-state index in [0.717, 1.165) is 11.5 Å². The van der Waals surface area contributed by atoms with Crippen LogP contribution in [-0.2, 0) is 0 Å². The van der Waals surface area contributed by atoms with Gasteiger partial charge in [-0.15, -0.1) is 0 Å². The molecule has 0 radical (unpaired) electrons. The highest BCUT2D eigenvalue weighted by Crippen LogP contribution is 2.08. The first-order chi connectivity index (χ1) is 7.65. The molecule has 1 aromatic heterocycles. The van der Waals surface area contributed by atoms with E-state index in [4.69, 9.17) is 5.73 Å². The van der Waals surface area contributed by atoms with E-state index in [0.29, 0.717) is 5.56 Å². The first-order valence-electron chi connectivity index (χ1n) is 5.24. The minimum atomic E-state index is -0.158. The number of nitrogens with two attached hydrogens (primary N) is 1. The molecule has 0 aromatic carbocycles. The monoisotopic (exact) mass is 239 g/mol. The number of hydrogen-bond acceptors (Lipinski definition) is 4. The Balaban J connectivity index is 2.56. The average molecular weight is 239 g/mol. The standard InChI is InChI=1S/C11H17N3OS/c1-3-16-7-8(2)14-11(15)9-5-4-6-13-10(9)12/h4-6,8H,3,7H2,1-2H3,(H2,12,13)(H,14,15). The largest absolute Gasteiger partial charge is 0.383 e. The molecule has 3 N–H and O–H groups in total. The number of anilines is 1. The maximum Gasteiger partial charge on any atom is 0.255 e. The second kappa shape index (κ2) is 6.37. The summed E-state index contributed by atoms with van der Waals surface area (Å²) < 4.78 is 0. The molecular formula is C11H17N3OS. The number of nitrogen functional groups attached to an aromatic ring is 1. The van der Waals surface area contributed by atoms with Gasteiger partial charge in [-0.2, -0.15) is 11.8 Å². The van der Waals surface area contributed by atoms with Crippen LogP contribution in [0.15, 0.2) is 18.3 Å². The highest BCUT2D eigenvalue weighted by atomic mass is 32.2. The van der Waals surface area contributed by atoms with Crippen LogP contribution in [0, 0.1) is 0 Å². The molecule has 16 heavy (non-hydrogen) atoms. The molecule has 0 fully saturated rings. The van der Waals surface area contributed by atoms with Gasteiger partial charge in [0, 0.05) is 18.0 Å². The van der Waals surface area contributed by atoms with E-state index in [9.17, 15) is 4.79 Å². The highest BCUT2D eigenvalue weighted by Gasteiger charge is 2.12. The Morgan fingerprint density at radius 1 is 1.69 bits per heavy atom. The Bertz CT molecular complexity index is 357. The average Bonchev–Trinajstić information content (AvgIpc) is 2.26. The molecular weight excluding hydrogens is 222 g/mol. The van der Waals surface area contributed by atoms with E-state index in [1.165, 1.54) is 0 Å². The quantitative estimate of drug-likeness (QED) is 0.817. The van der Waals surface area contributed by atoms with E-state index in [1.54, 1.807) is 30.1 Å². The van der Waals surface area contributed by atoms with Gasteiger partial charge in [0.15, 0.2) is 0 Å². The fraction of sp³-hybridized carbons (Fsp3) is 0.455. The van der Waals surface area contributed by atoms with Crippen molar-refractivity contribution in [2.45, 2.75) is 19.9 Å². The maximum absolute atomic E-state index is 11.8. The van der Waals surface area contributed by atoms with Crippen LogP contribution in [0.4, 0.5) is 5.82 Å². The smallest absolute Gasteiger partial charge is 0.255 e. The third-order valence-corrected chi connectivity index (χ3v) is 3.18. The number of carbonyl (C=O) groups is 1. The molecule has 4 nitrogen and oxygen atoms in total. The number of rotatable bonds is 5. The van der Waals surface area contributed by atoms with Crippen molar-refractivity contribution in [1.82, 2.24) is 10.3 Å². The lowest BCUT2D eigenvalue weighted by atomic mass is 10.2. The van der Waals surface area contributed by atoms with Crippen LogP contribution in [-0.4, -0.2) is 28.4 Å². The molecule has 1 unspecified atom stereocenters. The molecule has 0 aliphatic rings. The number of carbonyl (C=O) groups excluding carboxylic acids is 1. The molecule has 0 saturated carbocycles. The Kier molecular flexibility index (Phi) is 5.11. The Morgan fingerprint density at radius 3 is 3.06 bits per heavy atom. The predicted molar refractivity (Wildman–Crippen MR) is 68.6 cm³/mol. The van der Waals surface area contributed by atoms with E-state index in [1.807, 2.05) is 6.92 Å². The van der Waals surface area contributed by atoms with Gasteiger partial charge >= 0.3 is 0 Å². The zero-order valence-corrected chi connectivity index (χ0v) is 10.4. The molecule has 1 aromatic rings. The number of nitrogens with zero attached hydrogens (tertiary/aromatic N) is 1. The van der Waals surface area contributed by atoms with Gasteiger partial charge in [-0.3, -0.25) is 4.79 Å². The van der Waals surface area contributed by atoms with Crippen LogP contribution in [0.25, 0.3) is 0 Å². The van der Waals surface area contributed by atoms with Crippen LogP contribution in [0.3, 0.4) is 0 Å². The molecule has 1 atom stereocenters. The Hall–Kier alpha value is -1.23. The van der Waals surface area contributed by atoms with Gasteiger partial charge in [0.25, 0.3) is 5.91 Å². The summed E-state index contributed by atoms with van der Waals surface area (Å²) in [4.78, 5) is 15.7. The third-order valence-electron chi connectivity index (χ3n) is 2.03. The normalized spacial score (nSPS) is 12.1. The Labute approximate surface area is 100 Å². The number of amides is 1. The highest BCUT2D eigenvalue weighted by molar-refractivity contribution is 7.99. The van der Waals surface area contributed by atoms with Crippen molar-refractivity contribution < 1.29 is 4.79 Å². The molecule has 88 valence electrons. The van der Waals surface area contributed by atoms with Crippen LogP contribution < -0.4 is 11.1 Å². The summed E-state index contributed by atoms with van der Waals surface area (Å²) in [5.74, 6) is 2.07. The summed E-state index contributed by atoms with van der Waals surface area (Å²) in [6, 6.07) is 3.52. The van der Waals surface area contributed by atoms with Crippen molar-refractivity contribution in [3.63, 3.8) is 0 Å². The van der Waals surface area contributed by atoms with Gasteiger partial charge in [0.05, 0.1) is 5.56 Å². The SMILES string of the molecule is CCSCC(C)NC(=O)c1cccnc1N. The van der Waals surface area contributed by atoms with Crippen molar-refractivity contribution in [2.24, 2.45) is 0 Å². The minimum absolute atomic E-state index is 0.136. The van der Waals surface area contributed by atoms with Crippen LogP contribution in [0.1, 0.15) is 24.2 Å². The first kappa shape index (κ1) is 12.8. The van der Waals surface area contributed by atoms with E-state index in [-0.39, 0.29) is 17.8 Å². The van der Waals surface area contributed by atoms with Gasteiger partial charge in [-0.05, 0) is 24.8 Å². The van der Waals surface area contributed by atoms with Gasteiger partial charge < -0.3 is 11.1 Å². The predicted octanol–water partition coefficient (Wildman–Crippen LogP) is 1.54. The van der Waals surface area contributed by atoms with E-state index >= 15 is 0 Å². The summed E-state index contributed by atoms with van der Waals surface area (Å²) in [6.07, 6.45) is 1.57. The lowest BCUT2D eigenvalue weighted by Gasteiger charge is -2.13. The molecule has 0 aliphatic heterocycles. The molecule has 5 heteroatoms. The third kappa shape index (κ3) is 3.73. The number of hydrogen-bond donors (Lipinski definition) is 2. The van der Waals surface area contributed by atoms with Crippen LogP contribution >= 0.6 is 11.8 Å². The zero-order chi connectivity index (χ0) is 12.0. The number of thioether (sulfide) groups is 1. The molecule has 1 rings (SSSR count). The molecule has 0 bridgehead atoms. The second-order valence-corrected chi connectivity index (χ2v) is 4.79. The minimum Gasteiger partial charge on any atom is -0.383 e. The second-order valence-electron chi connectivity index (χ2n) is 3.47. The van der Waals surface area contributed by atoms with Gasteiger partial charge in [0.2, 0.25) is 0 Å². The van der Waals surface area contributed by atoms with Crippen molar-refractivity contribution in [3.8, 4) is 0 Å². The summed E-state index contributed by atoms with van der Waals surface area (Å²) in [5.41, 5.74) is 6.06. The first-order valence-corrected chi connectivity index (χ1v) is 6.39. The lowest BCUT2D eigenvalue weighted by molar-refractivity contribution is 0.0944. The number of aromatic nitrogens is 1. The topological polar surface area (TPSA) is 68.0 Å². The van der Waals surface area contributed by atoms with E-state index < -0.39 is 0 Å².